The largest absolute Gasteiger partial charge is 0.484 e. The van der Waals surface area contributed by atoms with Gasteiger partial charge in [0.1, 0.15) is 11.6 Å². The Labute approximate surface area is 190 Å². The third-order valence-electron chi connectivity index (χ3n) is 5.49. The molecule has 1 aromatic heterocycles. The summed E-state index contributed by atoms with van der Waals surface area (Å²) < 4.78 is 21.0. The average molecular weight is 462 g/mol. The Hall–Kier alpha value is -2.57. The minimum Gasteiger partial charge on any atom is -0.484 e. The summed E-state index contributed by atoms with van der Waals surface area (Å²) in [5.74, 6) is -0.513. The summed E-state index contributed by atoms with van der Waals surface area (Å²) in [5.41, 5.74) is 1.95. The molecule has 1 aliphatic carbocycles. The average Bonchev–Trinajstić information content (AvgIpc) is 3.26. The van der Waals surface area contributed by atoms with E-state index in [1.54, 1.807) is 0 Å². The lowest BCUT2D eigenvalue weighted by atomic mass is 9.91. The van der Waals surface area contributed by atoms with Gasteiger partial charge >= 0.3 is 0 Å². The summed E-state index contributed by atoms with van der Waals surface area (Å²) in [4.78, 5) is 16.7. The SMILES string of the molecule is O=C(COc1ccc(Cl)c(F)c1)NC1CCC(n2cnc(-c3ccc(Cl)cc3)c2)CC1. The van der Waals surface area contributed by atoms with Crippen LogP contribution in [0, 0.1) is 5.82 Å². The first-order valence-electron chi connectivity index (χ1n) is 10.1. The van der Waals surface area contributed by atoms with E-state index >= 15 is 0 Å². The normalized spacial score (nSPS) is 18.5. The summed E-state index contributed by atoms with van der Waals surface area (Å²) in [6, 6.07) is 12.2. The van der Waals surface area contributed by atoms with E-state index in [0.29, 0.717) is 11.1 Å². The summed E-state index contributed by atoms with van der Waals surface area (Å²) >= 11 is 11.6. The van der Waals surface area contributed by atoms with Gasteiger partial charge in [-0.25, -0.2) is 9.37 Å². The number of hydrogen-bond acceptors (Lipinski definition) is 3. The molecule has 0 bridgehead atoms. The fraction of sp³-hybridized carbons (Fsp3) is 0.304. The highest BCUT2D eigenvalue weighted by Gasteiger charge is 2.24. The molecule has 5 nitrogen and oxygen atoms in total. The molecular formula is C23H22Cl2FN3O2. The minimum absolute atomic E-state index is 0.0201. The standard InChI is InChI=1S/C23H22Cl2FN3O2/c24-16-3-1-15(2-4-16)22-12-29(14-27-22)18-7-5-17(6-8-18)28-23(30)13-31-19-9-10-20(25)21(26)11-19/h1-4,9-12,14,17-18H,5-8,13H2,(H,28,30). The lowest BCUT2D eigenvalue weighted by molar-refractivity contribution is -0.124. The number of halogens is 3. The van der Waals surface area contributed by atoms with Crippen molar-refractivity contribution in [1.29, 1.82) is 0 Å². The first-order chi connectivity index (χ1) is 15.0. The van der Waals surface area contributed by atoms with Crippen LogP contribution in [0.15, 0.2) is 55.0 Å². The van der Waals surface area contributed by atoms with E-state index in [1.165, 1.54) is 18.2 Å². The highest BCUT2D eigenvalue weighted by Crippen LogP contribution is 2.30. The fourth-order valence-corrected chi connectivity index (χ4v) is 4.05. The molecule has 2 aromatic carbocycles. The zero-order valence-electron chi connectivity index (χ0n) is 16.7. The van der Waals surface area contributed by atoms with Crippen LogP contribution in [0.25, 0.3) is 11.3 Å². The van der Waals surface area contributed by atoms with Gasteiger partial charge in [-0.05, 0) is 49.9 Å². The maximum absolute atomic E-state index is 13.4. The molecule has 0 aliphatic heterocycles. The zero-order chi connectivity index (χ0) is 21.8. The molecule has 0 unspecified atom stereocenters. The van der Waals surface area contributed by atoms with Gasteiger partial charge in [0.05, 0.1) is 17.0 Å². The monoisotopic (exact) mass is 461 g/mol. The molecule has 0 saturated heterocycles. The van der Waals surface area contributed by atoms with Gasteiger partial charge in [-0.3, -0.25) is 4.79 Å². The number of nitrogens with one attached hydrogen (secondary N) is 1. The smallest absolute Gasteiger partial charge is 0.258 e. The fourth-order valence-electron chi connectivity index (χ4n) is 3.81. The first kappa shape index (κ1) is 21.7. The molecule has 31 heavy (non-hydrogen) atoms. The van der Waals surface area contributed by atoms with E-state index < -0.39 is 5.82 Å². The summed E-state index contributed by atoms with van der Waals surface area (Å²) in [6.45, 7) is -0.160. The van der Waals surface area contributed by atoms with Crippen molar-refractivity contribution in [3.8, 4) is 17.0 Å². The number of carbonyl (C=O) groups excluding carboxylic acids is 1. The first-order valence-corrected chi connectivity index (χ1v) is 10.9. The van der Waals surface area contributed by atoms with Crippen molar-refractivity contribution in [3.63, 3.8) is 0 Å². The van der Waals surface area contributed by atoms with Crippen LogP contribution in [-0.4, -0.2) is 28.1 Å². The molecule has 162 valence electrons. The van der Waals surface area contributed by atoms with Crippen molar-refractivity contribution >= 4 is 29.1 Å². The molecule has 0 radical (unpaired) electrons. The number of nitrogens with zero attached hydrogens (tertiary/aromatic N) is 2. The van der Waals surface area contributed by atoms with Gasteiger partial charge in [-0.2, -0.15) is 0 Å². The molecule has 1 saturated carbocycles. The Morgan fingerprint density at radius 3 is 2.58 bits per heavy atom. The molecule has 1 fully saturated rings. The number of hydrogen-bond donors (Lipinski definition) is 1. The second-order valence-corrected chi connectivity index (χ2v) is 8.49. The quantitative estimate of drug-likeness (QED) is 0.513. The molecule has 1 heterocycles. The summed E-state index contributed by atoms with van der Waals surface area (Å²) in [5, 5.41) is 3.73. The third kappa shape index (κ3) is 5.57. The van der Waals surface area contributed by atoms with Crippen molar-refractivity contribution < 1.29 is 13.9 Å². The lowest BCUT2D eigenvalue weighted by Crippen LogP contribution is -2.40. The maximum atomic E-state index is 13.4. The van der Waals surface area contributed by atoms with Gasteiger partial charge in [0.15, 0.2) is 6.61 Å². The van der Waals surface area contributed by atoms with E-state index in [-0.39, 0.29) is 29.3 Å². The highest BCUT2D eigenvalue weighted by atomic mass is 35.5. The zero-order valence-corrected chi connectivity index (χ0v) is 18.2. The van der Waals surface area contributed by atoms with Gasteiger partial charge in [0, 0.05) is 34.9 Å². The molecular weight excluding hydrogens is 440 g/mol. The van der Waals surface area contributed by atoms with Crippen LogP contribution >= 0.6 is 23.2 Å². The number of ether oxygens (including phenoxy) is 1. The van der Waals surface area contributed by atoms with Crippen molar-refractivity contribution in [1.82, 2.24) is 14.9 Å². The van der Waals surface area contributed by atoms with Crippen molar-refractivity contribution in [3.05, 3.63) is 70.9 Å². The number of amides is 1. The van der Waals surface area contributed by atoms with E-state index in [1.807, 2.05) is 30.6 Å². The van der Waals surface area contributed by atoms with Crippen LogP contribution in [0.3, 0.4) is 0 Å². The summed E-state index contributed by atoms with van der Waals surface area (Å²) in [7, 11) is 0. The lowest BCUT2D eigenvalue weighted by Gasteiger charge is -2.29. The molecule has 4 rings (SSSR count). The second-order valence-electron chi connectivity index (χ2n) is 7.65. The van der Waals surface area contributed by atoms with Gasteiger partial charge in [-0.15, -0.1) is 0 Å². The van der Waals surface area contributed by atoms with Crippen molar-refractivity contribution in [2.24, 2.45) is 0 Å². The van der Waals surface area contributed by atoms with Gasteiger partial charge in [0.25, 0.3) is 5.91 Å². The van der Waals surface area contributed by atoms with Crippen LogP contribution in [-0.2, 0) is 4.79 Å². The Balaban J connectivity index is 1.24. The van der Waals surface area contributed by atoms with Crippen LogP contribution in [0.2, 0.25) is 10.0 Å². The number of rotatable bonds is 6. The predicted molar refractivity (Wildman–Crippen MR) is 119 cm³/mol. The van der Waals surface area contributed by atoms with Crippen LogP contribution in [0.1, 0.15) is 31.7 Å². The predicted octanol–water partition coefficient (Wildman–Crippen LogP) is 5.67. The second kappa shape index (κ2) is 9.71. The van der Waals surface area contributed by atoms with Crippen LogP contribution < -0.4 is 10.1 Å². The Morgan fingerprint density at radius 1 is 1.13 bits per heavy atom. The summed E-state index contributed by atoms with van der Waals surface area (Å²) in [6.07, 6.45) is 7.58. The van der Waals surface area contributed by atoms with Crippen molar-refractivity contribution in [2.45, 2.75) is 37.8 Å². The molecule has 1 N–H and O–H groups in total. The Kier molecular flexibility index (Phi) is 6.78. The number of aromatic nitrogens is 2. The van der Waals surface area contributed by atoms with Crippen LogP contribution in [0.5, 0.6) is 5.75 Å². The molecule has 8 heteroatoms. The molecule has 1 aliphatic rings. The maximum Gasteiger partial charge on any atom is 0.258 e. The Morgan fingerprint density at radius 2 is 1.87 bits per heavy atom. The molecule has 1 amide bonds. The highest BCUT2D eigenvalue weighted by molar-refractivity contribution is 6.31. The van der Waals surface area contributed by atoms with Gasteiger partial charge in [0.2, 0.25) is 0 Å². The number of benzene rings is 2. The Bertz CT molecular complexity index is 1050. The van der Waals surface area contributed by atoms with E-state index in [2.05, 4.69) is 21.1 Å². The van der Waals surface area contributed by atoms with Gasteiger partial charge in [-0.1, -0.05) is 35.3 Å². The van der Waals surface area contributed by atoms with E-state index in [9.17, 15) is 9.18 Å². The molecule has 0 spiro atoms. The third-order valence-corrected chi connectivity index (χ3v) is 6.04. The van der Waals surface area contributed by atoms with Crippen molar-refractivity contribution in [2.75, 3.05) is 6.61 Å². The minimum atomic E-state index is -0.573. The molecule has 0 atom stereocenters. The van der Waals surface area contributed by atoms with E-state index in [0.717, 1.165) is 36.9 Å². The topological polar surface area (TPSA) is 56.1 Å². The number of imidazole rings is 1. The van der Waals surface area contributed by atoms with Crippen LogP contribution in [0.4, 0.5) is 4.39 Å². The number of carbonyl (C=O) groups is 1. The molecule has 3 aromatic rings. The van der Waals surface area contributed by atoms with Gasteiger partial charge < -0.3 is 14.6 Å². The van der Waals surface area contributed by atoms with E-state index in [4.69, 9.17) is 27.9 Å².